The van der Waals surface area contributed by atoms with Crippen LogP contribution >= 0.6 is 0 Å². The first-order chi connectivity index (χ1) is 9.39. The average Bonchev–Trinajstić information content (AvgIpc) is 2.36. The molecule has 4 heteroatoms. The summed E-state index contributed by atoms with van der Waals surface area (Å²) in [6, 6.07) is 8.06. The summed E-state index contributed by atoms with van der Waals surface area (Å²) in [6.07, 6.45) is 0. The van der Waals surface area contributed by atoms with Crippen molar-refractivity contribution in [1.82, 2.24) is 14.9 Å². The van der Waals surface area contributed by atoms with Gasteiger partial charge in [0.2, 0.25) is 0 Å². The van der Waals surface area contributed by atoms with Gasteiger partial charge in [0.1, 0.15) is 5.82 Å². The highest BCUT2D eigenvalue weighted by molar-refractivity contribution is 5.80. The molecule has 1 N–H and O–H groups in total. The molecule has 0 radical (unpaired) electrons. The molecule has 0 bridgehead atoms. The van der Waals surface area contributed by atoms with Gasteiger partial charge in [-0.2, -0.15) is 0 Å². The van der Waals surface area contributed by atoms with Crippen LogP contribution in [0, 0.1) is 6.92 Å². The summed E-state index contributed by atoms with van der Waals surface area (Å²) >= 11 is 0. The van der Waals surface area contributed by atoms with E-state index in [2.05, 4.69) is 21.8 Å². The highest BCUT2D eigenvalue weighted by Gasteiger charge is 2.18. The number of benzene rings is 1. The Labute approximate surface area is 120 Å². The molecular formula is C16H23N3O. The molecule has 0 saturated heterocycles. The Kier molecular flexibility index (Phi) is 4.35. The van der Waals surface area contributed by atoms with Gasteiger partial charge in [-0.3, -0.25) is 4.90 Å². The van der Waals surface area contributed by atoms with E-state index in [1.807, 2.05) is 45.0 Å². The van der Waals surface area contributed by atoms with Crippen LogP contribution in [-0.2, 0) is 6.54 Å². The van der Waals surface area contributed by atoms with Crippen molar-refractivity contribution in [2.45, 2.75) is 39.8 Å². The summed E-state index contributed by atoms with van der Waals surface area (Å²) in [5, 5.41) is 11.0. The predicted molar refractivity (Wildman–Crippen MR) is 81.5 cm³/mol. The SMILES string of the molecule is CCN(Cc1nc(C)c2ccccc2n1)CC(C)(C)O. The molecule has 4 nitrogen and oxygen atoms in total. The van der Waals surface area contributed by atoms with Gasteiger partial charge in [-0.1, -0.05) is 25.1 Å². The first kappa shape index (κ1) is 14.9. The van der Waals surface area contributed by atoms with E-state index in [0.29, 0.717) is 13.1 Å². The van der Waals surface area contributed by atoms with Crippen LogP contribution < -0.4 is 0 Å². The molecule has 1 aromatic carbocycles. The minimum Gasteiger partial charge on any atom is -0.389 e. The number of para-hydroxylation sites is 1. The summed E-state index contributed by atoms with van der Waals surface area (Å²) in [5.41, 5.74) is 1.28. The van der Waals surface area contributed by atoms with Gasteiger partial charge < -0.3 is 5.11 Å². The molecule has 1 aromatic heterocycles. The summed E-state index contributed by atoms with van der Waals surface area (Å²) in [6.45, 7) is 9.87. The van der Waals surface area contributed by atoms with Crippen molar-refractivity contribution in [1.29, 1.82) is 0 Å². The van der Waals surface area contributed by atoms with Crippen LogP contribution in [0.25, 0.3) is 10.9 Å². The molecule has 0 unspecified atom stereocenters. The first-order valence-corrected chi connectivity index (χ1v) is 7.06. The molecule has 0 spiro atoms. The van der Waals surface area contributed by atoms with Gasteiger partial charge in [0.15, 0.2) is 0 Å². The van der Waals surface area contributed by atoms with Gasteiger partial charge >= 0.3 is 0 Å². The molecule has 0 aliphatic carbocycles. The average molecular weight is 273 g/mol. The standard InChI is InChI=1S/C16H23N3O/c1-5-19(11-16(3,4)20)10-15-17-12(2)13-8-6-7-9-14(13)18-15/h6-9,20H,5,10-11H2,1-4H3. The fraction of sp³-hybridized carbons (Fsp3) is 0.500. The summed E-state index contributed by atoms with van der Waals surface area (Å²) in [5.74, 6) is 0.812. The lowest BCUT2D eigenvalue weighted by molar-refractivity contribution is 0.0346. The smallest absolute Gasteiger partial charge is 0.143 e. The number of hydrogen-bond donors (Lipinski definition) is 1. The molecule has 20 heavy (non-hydrogen) atoms. The van der Waals surface area contributed by atoms with E-state index < -0.39 is 5.60 Å². The number of rotatable bonds is 5. The molecule has 0 saturated carbocycles. The number of nitrogens with zero attached hydrogens (tertiary/aromatic N) is 3. The van der Waals surface area contributed by atoms with Crippen molar-refractivity contribution >= 4 is 10.9 Å². The lowest BCUT2D eigenvalue weighted by Gasteiger charge is -2.27. The van der Waals surface area contributed by atoms with E-state index in [9.17, 15) is 5.11 Å². The molecule has 0 amide bonds. The third kappa shape index (κ3) is 3.74. The number of fused-ring (bicyclic) bond motifs is 1. The fourth-order valence-electron chi connectivity index (χ4n) is 2.39. The molecule has 0 fully saturated rings. The quantitative estimate of drug-likeness (QED) is 0.909. The Morgan fingerprint density at radius 2 is 1.90 bits per heavy atom. The van der Waals surface area contributed by atoms with Crippen molar-refractivity contribution in [2.75, 3.05) is 13.1 Å². The zero-order valence-electron chi connectivity index (χ0n) is 12.7. The first-order valence-electron chi connectivity index (χ1n) is 7.06. The summed E-state index contributed by atoms with van der Waals surface area (Å²) in [4.78, 5) is 11.4. The molecule has 0 atom stereocenters. The van der Waals surface area contributed by atoms with Gasteiger partial charge in [-0.25, -0.2) is 9.97 Å². The Balaban J connectivity index is 2.24. The fourth-order valence-corrected chi connectivity index (χ4v) is 2.39. The van der Waals surface area contributed by atoms with Crippen LogP contribution in [-0.4, -0.2) is 38.7 Å². The zero-order valence-corrected chi connectivity index (χ0v) is 12.7. The van der Waals surface area contributed by atoms with E-state index in [-0.39, 0.29) is 0 Å². The number of aryl methyl sites for hydroxylation is 1. The molecule has 0 aliphatic heterocycles. The van der Waals surface area contributed by atoms with Gasteiger partial charge in [0.25, 0.3) is 0 Å². The maximum absolute atomic E-state index is 9.94. The number of likely N-dealkylation sites (N-methyl/N-ethyl adjacent to an activating group) is 1. The molecule has 0 aliphatic rings. The third-order valence-corrected chi connectivity index (χ3v) is 3.26. The van der Waals surface area contributed by atoms with Crippen molar-refractivity contribution < 1.29 is 5.11 Å². The highest BCUT2D eigenvalue weighted by Crippen LogP contribution is 2.16. The summed E-state index contributed by atoms with van der Waals surface area (Å²) in [7, 11) is 0. The van der Waals surface area contributed by atoms with E-state index in [1.54, 1.807) is 0 Å². The second-order valence-corrected chi connectivity index (χ2v) is 5.86. The van der Waals surface area contributed by atoms with Crippen molar-refractivity contribution in [3.8, 4) is 0 Å². The second kappa shape index (κ2) is 5.85. The van der Waals surface area contributed by atoms with Crippen LogP contribution in [0.4, 0.5) is 0 Å². The number of aliphatic hydroxyl groups is 1. The molecule has 2 aromatic rings. The highest BCUT2D eigenvalue weighted by atomic mass is 16.3. The number of aromatic nitrogens is 2. The minimum atomic E-state index is -0.706. The van der Waals surface area contributed by atoms with Crippen LogP contribution in [0.15, 0.2) is 24.3 Å². The van der Waals surface area contributed by atoms with Gasteiger partial charge in [-0.15, -0.1) is 0 Å². The minimum absolute atomic E-state index is 0.610. The molecule has 108 valence electrons. The van der Waals surface area contributed by atoms with E-state index >= 15 is 0 Å². The third-order valence-electron chi connectivity index (χ3n) is 3.26. The largest absolute Gasteiger partial charge is 0.389 e. The van der Waals surface area contributed by atoms with Crippen LogP contribution in [0.1, 0.15) is 32.3 Å². The monoisotopic (exact) mass is 273 g/mol. The maximum Gasteiger partial charge on any atom is 0.143 e. The Morgan fingerprint density at radius 1 is 1.20 bits per heavy atom. The molecular weight excluding hydrogens is 250 g/mol. The molecule has 2 rings (SSSR count). The Bertz CT molecular complexity index is 590. The van der Waals surface area contributed by atoms with Crippen LogP contribution in [0.3, 0.4) is 0 Å². The van der Waals surface area contributed by atoms with Crippen molar-refractivity contribution in [3.05, 3.63) is 35.8 Å². The predicted octanol–water partition coefficient (Wildman–Crippen LogP) is 2.53. The maximum atomic E-state index is 9.94. The van der Waals surface area contributed by atoms with Crippen molar-refractivity contribution in [2.24, 2.45) is 0 Å². The normalized spacial score (nSPS) is 12.3. The number of hydrogen-bond acceptors (Lipinski definition) is 4. The summed E-state index contributed by atoms with van der Waals surface area (Å²) < 4.78 is 0. The van der Waals surface area contributed by atoms with Crippen LogP contribution in [0.5, 0.6) is 0 Å². The Morgan fingerprint density at radius 3 is 2.55 bits per heavy atom. The van der Waals surface area contributed by atoms with Gasteiger partial charge in [-0.05, 0) is 33.4 Å². The van der Waals surface area contributed by atoms with E-state index in [0.717, 1.165) is 29.0 Å². The zero-order chi connectivity index (χ0) is 14.8. The van der Waals surface area contributed by atoms with E-state index in [4.69, 9.17) is 0 Å². The lowest BCUT2D eigenvalue weighted by Crippen LogP contribution is -2.38. The van der Waals surface area contributed by atoms with E-state index in [1.165, 1.54) is 0 Å². The Hall–Kier alpha value is -1.52. The van der Waals surface area contributed by atoms with Gasteiger partial charge in [0, 0.05) is 17.6 Å². The van der Waals surface area contributed by atoms with Crippen LogP contribution in [0.2, 0.25) is 0 Å². The second-order valence-electron chi connectivity index (χ2n) is 5.86. The van der Waals surface area contributed by atoms with Crippen molar-refractivity contribution in [3.63, 3.8) is 0 Å². The molecule has 1 heterocycles. The topological polar surface area (TPSA) is 49.2 Å². The lowest BCUT2D eigenvalue weighted by atomic mass is 10.1. The van der Waals surface area contributed by atoms with Gasteiger partial charge in [0.05, 0.1) is 17.7 Å².